The summed E-state index contributed by atoms with van der Waals surface area (Å²) in [6.07, 6.45) is 2.15. The van der Waals surface area contributed by atoms with Gasteiger partial charge >= 0.3 is 0 Å². The summed E-state index contributed by atoms with van der Waals surface area (Å²) in [4.78, 5) is 56.9. The first kappa shape index (κ1) is 29.1. The third-order valence-corrected chi connectivity index (χ3v) is 7.56. The Morgan fingerprint density at radius 1 is 0.975 bits per heavy atom. The lowest BCUT2D eigenvalue weighted by atomic mass is 9.93. The number of carbonyl (C=O) groups excluding carboxylic acids is 4. The van der Waals surface area contributed by atoms with Crippen LogP contribution < -0.4 is 15.4 Å². The highest BCUT2D eigenvalue weighted by Crippen LogP contribution is 2.22. The van der Waals surface area contributed by atoms with Gasteiger partial charge in [-0.25, -0.2) is 0 Å². The summed E-state index contributed by atoms with van der Waals surface area (Å²) in [6, 6.07) is 14.1. The number of aliphatic hydroxyl groups is 1. The topological polar surface area (TPSA) is 128 Å². The van der Waals surface area contributed by atoms with Gasteiger partial charge in [-0.2, -0.15) is 0 Å². The van der Waals surface area contributed by atoms with Crippen LogP contribution in [0.15, 0.2) is 54.6 Å². The summed E-state index contributed by atoms with van der Waals surface area (Å²) in [5.74, 6) is -0.971. The van der Waals surface area contributed by atoms with Crippen molar-refractivity contribution in [2.75, 3.05) is 39.9 Å². The van der Waals surface area contributed by atoms with Crippen LogP contribution in [0.1, 0.15) is 41.6 Å². The molecule has 3 N–H and O–H groups in total. The van der Waals surface area contributed by atoms with Crippen molar-refractivity contribution in [1.82, 2.24) is 20.4 Å². The largest absolute Gasteiger partial charge is 0.491 e. The highest BCUT2D eigenvalue weighted by Gasteiger charge is 2.33. The minimum atomic E-state index is -1.12. The van der Waals surface area contributed by atoms with Gasteiger partial charge < -0.3 is 30.3 Å². The number of piperidine rings is 1. The molecule has 0 radical (unpaired) electrons. The molecule has 1 fully saturated rings. The third-order valence-electron chi connectivity index (χ3n) is 7.56. The monoisotopic (exact) mass is 550 g/mol. The fraction of sp³-hybridized carbons (Fsp3) is 0.467. The molecule has 10 nitrogen and oxygen atoms in total. The lowest BCUT2D eigenvalue weighted by Gasteiger charge is -2.34. The number of amides is 4. The van der Waals surface area contributed by atoms with Crippen LogP contribution in [0.5, 0.6) is 5.75 Å². The molecule has 2 aliphatic heterocycles. The van der Waals surface area contributed by atoms with Crippen LogP contribution in [0, 0.1) is 5.92 Å². The number of nitrogens with one attached hydrogen (secondary N) is 2. The van der Waals surface area contributed by atoms with Crippen molar-refractivity contribution in [2.45, 2.75) is 44.2 Å². The van der Waals surface area contributed by atoms with Crippen LogP contribution in [0.3, 0.4) is 0 Å². The number of aliphatic hydroxyl groups excluding tert-OH is 1. The van der Waals surface area contributed by atoms with Gasteiger partial charge in [-0.15, -0.1) is 0 Å². The number of hydrogen-bond donors (Lipinski definition) is 3. The van der Waals surface area contributed by atoms with Crippen molar-refractivity contribution in [3.8, 4) is 5.75 Å². The fourth-order valence-electron chi connectivity index (χ4n) is 5.22. The first-order chi connectivity index (χ1) is 19.4. The fourth-order valence-corrected chi connectivity index (χ4v) is 5.22. The minimum Gasteiger partial charge on any atom is -0.491 e. The maximum absolute atomic E-state index is 13.6. The van der Waals surface area contributed by atoms with E-state index < -0.39 is 23.9 Å². The SMILES string of the molecule is CN1CCOc2ccccc2C(=O)N[C@H](C(=O)N2CCC(CCO)CC2)CC(=O)N[C@H](Cc2ccccc2)C1=O. The van der Waals surface area contributed by atoms with Gasteiger partial charge in [0.2, 0.25) is 17.7 Å². The lowest BCUT2D eigenvalue weighted by molar-refractivity contribution is -0.138. The van der Waals surface area contributed by atoms with Crippen LogP contribution in [0.2, 0.25) is 0 Å². The van der Waals surface area contributed by atoms with E-state index in [0.29, 0.717) is 31.2 Å². The Balaban J connectivity index is 1.59. The number of para-hydroxylation sites is 1. The van der Waals surface area contributed by atoms with E-state index in [4.69, 9.17) is 4.74 Å². The average molecular weight is 551 g/mol. The molecule has 4 amide bonds. The Morgan fingerprint density at radius 2 is 1.68 bits per heavy atom. The third kappa shape index (κ3) is 7.59. The summed E-state index contributed by atoms with van der Waals surface area (Å²) >= 11 is 0. The molecule has 0 spiro atoms. The summed E-state index contributed by atoms with van der Waals surface area (Å²) in [5, 5.41) is 14.9. The normalized spacial score (nSPS) is 21.5. The number of ether oxygens (including phenoxy) is 1. The minimum absolute atomic E-state index is 0.108. The molecular formula is C30H38N4O6. The zero-order valence-corrected chi connectivity index (χ0v) is 22.9. The predicted octanol–water partition coefficient (Wildman–Crippen LogP) is 1.37. The van der Waals surface area contributed by atoms with Gasteiger partial charge in [-0.05, 0) is 42.9 Å². The number of carbonyl (C=O) groups is 4. The zero-order valence-electron chi connectivity index (χ0n) is 22.9. The Morgan fingerprint density at radius 3 is 2.40 bits per heavy atom. The second-order valence-corrected chi connectivity index (χ2v) is 10.4. The van der Waals surface area contributed by atoms with E-state index in [0.717, 1.165) is 18.4 Å². The Kier molecular flexibility index (Phi) is 10.1. The molecule has 2 aromatic rings. The first-order valence-corrected chi connectivity index (χ1v) is 13.9. The number of nitrogens with zero attached hydrogens (tertiary/aromatic N) is 2. The molecule has 2 heterocycles. The molecule has 2 atom stereocenters. The van der Waals surface area contributed by atoms with Crippen molar-refractivity contribution >= 4 is 23.6 Å². The maximum Gasteiger partial charge on any atom is 0.255 e. The molecule has 214 valence electrons. The van der Waals surface area contributed by atoms with Crippen LogP contribution in [-0.4, -0.2) is 90.5 Å². The number of fused-ring (bicyclic) bond motifs is 1. The van der Waals surface area contributed by atoms with E-state index in [1.54, 1.807) is 36.2 Å². The molecule has 4 rings (SSSR count). The molecule has 0 aliphatic carbocycles. The first-order valence-electron chi connectivity index (χ1n) is 13.9. The van der Waals surface area contributed by atoms with Crippen molar-refractivity contribution in [1.29, 1.82) is 0 Å². The van der Waals surface area contributed by atoms with E-state index in [1.807, 2.05) is 30.3 Å². The quantitative estimate of drug-likeness (QED) is 0.516. The van der Waals surface area contributed by atoms with E-state index in [9.17, 15) is 24.3 Å². The second-order valence-electron chi connectivity index (χ2n) is 10.4. The Labute approximate surface area is 234 Å². The molecule has 0 aromatic heterocycles. The number of likely N-dealkylation sites (tertiary alicyclic amines) is 1. The van der Waals surface area contributed by atoms with Crippen molar-refractivity contribution in [2.24, 2.45) is 5.92 Å². The maximum atomic E-state index is 13.6. The van der Waals surface area contributed by atoms with Gasteiger partial charge in [0.15, 0.2) is 0 Å². The molecule has 40 heavy (non-hydrogen) atoms. The number of hydrogen-bond acceptors (Lipinski definition) is 6. The van der Waals surface area contributed by atoms with Crippen molar-refractivity contribution in [3.63, 3.8) is 0 Å². The molecule has 0 unspecified atom stereocenters. The molecule has 10 heteroatoms. The zero-order chi connectivity index (χ0) is 28.5. The molecule has 2 aromatic carbocycles. The summed E-state index contributed by atoms with van der Waals surface area (Å²) in [6.45, 7) is 1.47. The smallest absolute Gasteiger partial charge is 0.255 e. The lowest BCUT2D eigenvalue weighted by Crippen LogP contribution is -2.54. The number of likely N-dealkylation sites (N-methyl/N-ethyl adjacent to an activating group) is 1. The average Bonchev–Trinajstić information content (AvgIpc) is 2.96. The standard InChI is InChI=1S/C30H38N4O6/c1-33-16-18-40-26-10-6-5-9-23(26)28(37)32-25(30(39)34-14-11-21(12-15-34)13-17-35)20-27(36)31-24(29(33)38)19-22-7-3-2-4-8-22/h2-10,21,24-25,35H,11-20H2,1H3,(H,31,36)(H,32,37)/t24-,25+/m1/s1. The number of benzene rings is 2. The van der Waals surface area contributed by atoms with Crippen molar-refractivity contribution in [3.05, 3.63) is 65.7 Å². The summed E-state index contributed by atoms with van der Waals surface area (Å²) in [7, 11) is 1.65. The van der Waals surface area contributed by atoms with Crippen LogP contribution >= 0.6 is 0 Å². The van der Waals surface area contributed by atoms with Gasteiger partial charge in [0, 0.05) is 33.2 Å². The van der Waals surface area contributed by atoms with E-state index >= 15 is 0 Å². The van der Waals surface area contributed by atoms with E-state index in [2.05, 4.69) is 10.6 Å². The highest BCUT2D eigenvalue weighted by molar-refractivity contribution is 6.01. The van der Waals surface area contributed by atoms with Gasteiger partial charge in [0.05, 0.1) is 18.5 Å². The molecule has 2 aliphatic rings. The highest BCUT2D eigenvalue weighted by atomic mass is 16.5. The summed E-state index contributed by atoms with van der Waals surface area (Å²) < 4.78 is 5.89. The molecular weight excluding hydrogens is 512 g/mol. The Bertz CT molecular complexity index is 1180. The van der Waals surface area contributed by atoms with Crippen molar-refractivity contribution < 1.29 is 29.0 Å². The van der Waals surface area contributed by atoms with E-state index in [-0.39, 0.29) is 50.0 Å². The molecule has 1 saturated heterocycles. The van der Waals surface area contributed by atoms with Gasteiger partial charge in [-0.1, -0.05) is 42.5 Å². The van der Waals surface area contributed by atoms with Crippen LogP contribution in [-0.2, 0) is 20.8 Å². The summed E-state index contributed by atoms with van der Waals surface area (Å²) in [5.41, 5.74) is 1.13. The van der Waals surface area contributed by atoms with E-state index in [1.165, 1.54) is 4.90 Å². The van der Waals surface area contributed by atoms with Crippen LogP contribution in [0.25, 0.3) is 0 Å². The second kappa shape index (κ2) is 13.9. The van der Waals surface area contributed by atoms with Gasteiger partial charge in [0.25, 0.3) is 5.91 Å². The Hall–Kier alpha value is -3.92. The van der Waals surface area contributed by atoms with Gasteiger partial charge in [-0.3, -0.25) is 19.2 Å². The molecule has 0 saturated carbocycles. The molecule has 0 bridgehead atoms. The van der Waals surface area contributed by atoms with Crippen LogP contribution in [0.4, 0.5) is 0 Å². The number of rotatable bonds is 5. The van der Waals surface area contributed by atoms with Gasteiger partial charge in [0.1, 0.15) is 24.4 Å². The predicted molar refractivity (Wildman–Crippen MR) is 149 cm³/mol.